The van der Waals surface area contributed by atoms with Crippen molar-refractivity contribution in [1.29, 1.82) is 0 Å². The number of hydrogen-bond donors (Lipinski definition) is 2. The molecule has 4 heteroatoms. The highest BCUT2D eigenvalue weighted by Gasteiger charge is 2.37. The summed E-state index contributed by atoms with van der Waals surface area (Å²) in [4.78, 5) is 2.75. The molecule has 1 saturated carbocycles. The fourth-order valence-corrected chi connectivity index (χ4v) is 5.85. The summed E-state index contributed by atoms with van der Waals surface area (Å²) >= 11 is 0. The zero-order valence-electron chi connectivity index (χ0n) is 19.5. The number of nitrogens with zero attached hydrogens (tertiary/aromatic N) is 1. The first-order valence-corrected chi connectivity index (χ1v) is 12.2. The summed E-state index contributed by atoms with van der Waals surface area (Å²) in [5.41, 5.74) is 1.87. The summed E-state index contributed by atoms with van der Waals surface area (Å²) in [5, 5.41) is 7.00. The van der Waals surface area contributed by atoms with Crippen LogP contribution in [0.1, 0.15) is 78.1 Å². The number of hydrogen-bond acceptors (Lipinski definition) is 3. The van der Waals surface area contributed by atoms with Gasteiger partial charge in [0.1, 0.15) is 7.28 Å². The molecule has 0 bridgehead atoms. The van der Waals surface area contributed by atoms with E-state index in [0.29, 0.717) is 11.4 Å². The SMILES string of the molecule is C=C(C)CC1CCCCC1.CBC(NC)C1(C)CCN(C2CCNCC2)CC1. The van der Waals surface area contributed by atoms with E-state index in [2.05, 4.69) is 49.8 Å². The summed E-state index contributed by atoms with van der Waals surface area (Å²) in [6.07, 6.45) is 14.0. The molecule has 3 fully saturated rings. The third-order valence-electron chi connectivity index (χ3n) is 7.73. The van der Waals surface area contributed by atoms with Crippen LogP contribution in [0.4, 0.5) is 0 Å². The van der Waals surface area contributed by atoms with E-state index in [0.717, 1.165) is 12.0 Å². The lowest BCUT2D eigenvalue weighted by Gasteiger charge is -2.47. The van der Waals surface area contributed by atoms with Gasteiger partial charge >= 0.3 is 0 Å². The molecule has 1 atom stereocenters. The van der Waals surface area contributed by atoms with Gasteiger partial charge in [0.05, 0.1) is 0 Å². The first-order valence-electron chi connectivity index (χ1n) is 12.2. The molecule has 2 aliphatic heterocycles. The molecule has 2 saturated heterocycles. The third kappa shape index (κ3) is 7.50. The second kappa shape index (κ2) is 12.4. The Morgan fingerprint density at radius 3 is 2.25 bits per heavy atom. The van der Waals surface area contributed by atoms with E-state index in [9.17, 15) is 0 Å². The van der Waals surface area contributed by atoms with Crippen LogP contribution in [0.25, 0.3) is 0 Å². The average Bonchev–Trinajstić information content (AvgIpc) is 2.71. The van der Waals surface area contributed by atoms with Crippen LogP contribution in [0.3, 0.4) is 0 Å². The van der Waals surface area contributed by atoms with Crippen molar-refractivity contribution >= 4 is 7.28 Å². The zero-order valence-corrected chi connectivity index (χ0v) is 19.5. The van der Waals surface area contributed by atoms with Crippen LogP contribution in [-0.2, 0) is 0 Å². The number of nitrogens with one attached hydrogen (secondary N) is 2. The molecule has 2 N–H and O–H groups in total. The lowest BCUT2D eigenvalue weighted by Crippen LogP contribution is -2.54. The molecule has 3 aliphatic rings. The lowest BCUT2D eigenvalue weighted by atomic mass is 9.57. The smallest absolute Gasteiger partial charge is 0.139 e. The van der Waals surface area contributed by atoms with Gasteiger partial charge in [-0.15, -0.1) is 6.58 Å². The van der Waals surface area contributed by atoms with Crippen molar-refractivity contribution in [1.82, 2.24) is 15.5 Å². The number of allylic oxidation sites excluding steroid dienone is 1. The number of likely N-dealkylation sites (tertiary alicyclic amines) is 1. The topological polar surface area (TPSA) is 27.3 Å². The molecule has 162 valence electrons. The summed E-state index contributed by atoms with van der Waals surface area (Å²) in [7, 11) is 3.37. The minimum atomic E-state index is 0.507. The van der Waals surface area contributed by atoms with Gasteiger partial charge in [-0.25, -0.2) is 0 Å². The van der Waals surface area contributed by atoms with Gasteiger partial charge in [-0.2, -0.15) is 0 Å². The Balaban J connectivity index is 0.000000237. The molecule has 0 radical (unpaired) electrons. The maximum atomic E-state index is 3.95. The van der Waals surface area contributed by atoms with E-state index >= 15 is 0 Å². The first-order chi connectivity index (χ1) is 13.5. The summed E-state index contributed by atoms with van der Waals surface area (Å²) < 4.78 is 0. The standard InChI is InChI=1S/C14H30BN3.C10H18/c1-14(13(15-2)16-3)6-10-18(11-7-14)12-4-8-17-9-5-12;1-9(2)8-10-6-4-3-5-7-10/h12-13,15-17H,4-11H2,1-3H3;10H,1,3-8H2,2H3. The molecular weight excluding hydrogens is 341 g/mol. The fourth-order valence-electron chi connectivity index (χ4n) is 5.85. The van der Waals surface area contributed by atoms with Gasteiger partial charge in [-0.1, -0.05) is 51.4 Å². The van der Waals surface area contributed by atoms with Gasteiger partial charge in [0.15, 0.2) is 0 Å². The maximum Gasteiger partial charge on any atom is 0.139 e. The molecular formula is C24H48BN3. The Hall–Kier alpha value is -0.315. The molecule has 3 nitrogen and oxygen atoms in total. The Bertz CT molecular complexity index is 429. The Morgan fingerprint density at radius 1 is 1.14 bits per heavy atom. The van der Waals surface area contributed by atoms with Gasteiger partial charge in [0.25, 0.3) is 0 Å². The van der Waals surface area contributed by atoms with Crippen LogP contribution in [-0.4, -0.2) is 57.4 Å². The van der Waals surface area contributed by atoms with Crippen molar-refractivity contribution in [2.75, 3.05) is 33.2 Å². The maximum absolute atomic E-state index is 3.95. The molecule has 0 aromatic carbocycles. The zero-order chi connectivity index (χ0) is 20.4. The second-order valence-electron chi connectivity index (χ2n) is 10.1. The number of piperidine rings is 2. The van der Waals surface area contributed by atoms with Crippen molar-refractivity contribution in [3.05, 3.63) is 12.2 Å². The van der Waals surface area contributed by atoms with Crippen LogP contribution in [0.2, 0.25) is 6.82 Å². The predicted molar refractivity (Wildman–Crippen MR) is 127 cm³/mol. The van der Waals surface area contributed by atoms with E-state index in [4.69, 9.17) is 0 Å². The van der Waals surface area contributed by atoms with Crippen LogP contribution < -0.4 is 10.6 Å². The molecule has 1 unspecified atom stereocenters. The van der Waals surface area contributed by atoms with Crippen LogP contribution in [0.5, 0.6) is 0 Å². The van der Waals surface area contributed by atoms with Crippen molar-refractivity contribution in [2.45, 2.75) is 96.9 Å². The highest BCUT2D eigenvalue weighted by Crippen LogP contribution is 2.35. The molecule has 0 spiro atoms. The first kappa shape index (κ1) is 24.0. The van der Waals surface area contributed by atoms with Crippen LogP contribution >= 0.6 is 0 Å². The highest BCUT2D eigenvalue weighted by molar-refractivity contribution is 6.36. The van der Waals surface area contributed by atoms with Gasteiger partial charge in [0, 0.05) is 6.04 Å². The largest absolute Gasteiger partial charge is 0.324 e. The fraction of sp³-hybridized carbons (Fsp3) is 0.917. The van der Waals surface area contributed by atoms with E-state index in [1.54, 1.807) is 0 Å². The quantitative estimate of drug-likeness (QED) is 0.521. The molecule has 28 heavy (non-hydrogen) atoms. The molecule has 0 aromatic rings. The van der Waals surface area contributed by atoms with Crippen molar-refractivity contribution < 1.29 is 0 Å². The third-order valence-corrected chi connectivity index (χ3v) is 7.73. The Labute approximate surface area is 176 Å². The average molecular weight is 389 g/mol. The van der Waals surface area contributed by atoms with E-state index in [-0.39, 0.29) is 0 Å². The van der Waals surface area contributed by atoms with Crippen LogP contribution in [0.15, 0.2) is 12.2 Å². The number of rotatable bonds is 6. The minimum Gasteiger partial charge on any atom is -0.324 e. The Morgan fingerprint density at radius 2 is 1.75 bits per heavy atom. The summed E-state index contributed by atoms with van der Waals surface area (Å²) in [6.45, 7) is 15.9. The summed E-state index contributed by atoms with van der Waals surface area (Å²) in [5.74, 6) is 1.67. The van der Waals surface area contributed by atoms with Gasteiger partial charge < -0.3 is 15.5 Å². The summed E-state index contributed by atoms with van der Waals surface area (Å²) in [6, 6.07) is 0.852. The van der Waals surface area contributed by atoms with E-state index in [1.807, 2.05) is 0 Å². The van der Waals surface area contributed by atoms with E-state index < -0.39 is 0 Å². The highest BCUT2D eigenvalue weighted by atomic mass is 15.2. The second-order valence-corrected chi connectivity index (χ2v) is 10.1. The minimum absolute atomic E-state index is 0.507. The van der Waals surface area contributed by atoms with Crippen LogP contribution in [0, 0.1) is 11.3 Å². The molecule has 0 aromatic heterocycles. The monoisotopic (exact) mass is 389 g/mol. The van der Waals surface area contributed by atoms with E-state index in [1.165, 1.54) is 103 Å². The van der Waals surface area contributed by atoms with Gasteiger partial charge in [-0.05, 0) is 89.5 Å². The Kier molecular flexibility index (Phi) is 10.6. The molecule has 3 rings (SSSR count). The molecule has 0 amide bonds. The van der Waals surface area contributed by atoms with Gasteiger partial charge in [0.2, 0.25) is 0 Å². The van der Waals surface area contributed by atoms with Gasteiger partial charge in [-0.3, -0.25) is 0 Å². The predicted octanol–water partition coefficient (Wildman–Crippen LogP) is 4.40. The molecule has 1 aliphatic carbocycles. The van der Waals surface area contributed by atoms with Crippen molar-refractivity contribution in [3.8, 4) is 0 Å². The molecule has 2 heterocycles. The normalized spacial score (nSPS) is 25.4. The van der Waals surface area contributed by atoms with Crippen molar-refractivity contribution in [3.63, 3.8) is 0 Å². The lowest BCUT2D eigenvalue weighted by molar-refractivity contribution is 0.0635. The van der Waals surface area contributed by atoms with Crippen molar-refractivity contribution in [2.24, 2.45) is 11.3 Å².